The Hall–Kier alpha value is -1.11. The van der Waals surface area contributed by atoms with Crippen LogP contribution in [0.25, 0.3) is 0 Å². The number of oxazole rings is 1. The summed E-state index contributed by atoms with van der Waals surface area (Å²) >= 11 is -0.222. The van der Waals surface area contributed by atoms with Gasteiger partial charge < -0.3 is 9.52 Å². The SMILES string of the molecule is Cc1nc(SC(F)(F)C(=O)O)oc1C. The Balaban J connectivity index is 2.84. The number of aliphatic carboxylic acids is 1. The van der Waals surface area contributed by atoms with Gasteiger partial charge in [0.1, 0.15) is 5.76 Å². The summed E-state index contributed by atoms with van der Waals surface area (Å²) in [4.78, 5) is 13.7. The largest absolute Gasteiger partial charge is 0.476 e. The van der Waals surface area contributed by atoms with Gasteiger partial charge in [0.2, 0.25) is 0 Å². The van der Waals surface area contributed by atoms with Crippen LogP contribution in [0.3, 0.4) is 0 Å². The van der Waals surface area contributed by atoms with Crippen molar-refractivity contribution in [2.24, 2.45) is 0 Å². The smallest absolute Gasteiger partial charge is 0.397 e. The summed E-state index contributed by atoms with van der Waals surface area (Å²) in [7, 11) is 0. The lowest BCUT2D eigenvalue weighted by atomic mass is 10.4. The number of carbonyl (C=O) groups is 1. The fourth-order valence-electron chi connectivity index (χ4n) is 0.640. The second kappa shape index (κ2) is 3.56. The fraction of sp³-hybridized carbons (Fsp3) is 0.429. The zero-order valence-corrected chi connectivity index (χ0v) is 8.19. The first kappa shape index (κ1) is 11.0. The van der Waals surface area contributed by atoms with Crippen LogP contribution in [0.5, 0.6) is 0 Å². The van der Waals surface area contributed by atoms with Crippen molar-refractivity contribution in [2.75, 3.05) is 0 Å². The van der Waals surface area contributed by atoms with Gasteiger partial charge in [-0.05, 0) is 13.8 Å². The minimum absolute atomic E-state index is 0.222. The maximum Gasteiger partial charge on any atom is 0.397 e. The molecule has 0 saturated heterocycles. The van der Waals surface area contributed by atoms with Crippen molar-refractivity contribution in [1.82, 2.24) is 4.98 Å². The van der Waals surface area contributed by atoms with E-state index in [1.54, 1.807) is 13.8 Å². The minimum Gasteiger partial charge on any atom is -0.476 e. The molecular formula is C7H7F2NO3S. The summed E-state index contributed by atoms with van der Waals surface area (Å²) in [6, 6.07) is 0. The van der Waals surface area contributed by atoms with Crippen molar-refractivity contribution in [3.63, 3.8) is 0 Å². The van der Waals surface area contributed by atoms with Crippen LogP contribution in [0.15, 0.2) is 9.64 Å². The lowest BCUT2D eigenvalue weighted by molar-refractivity contribution is -0.153. The van der Waals surface area contributed by atoms with E-state index < -0.39 is 11.2 Å². The Morgan fingerprint density at radius 1 is 1.57 bits per heavy atom. The van der Waals surface area contributed by atoms with Crippen LogP contribution in [0.4, 0.5) is 8.78 Å². The Morgan fingerprint density at radius 2 is 2.14 bits per heavy atom. The van der Waals surface area contributed by atoms with Crippen LogP contribution in [-0.2, 0) is 4.79 Å². The highest BCUT2D eigenvalue weighted by molar-refractivity contribution is 8.00. The number of hydrogen-bond acceptors (Lipinski definition) is 4. The van der Waals surface area contributed by atoms with Crippen molar-refractivity contribution in [1.29, 1.82) is 0 Å². The molecule has 0 saturated carbocycles. The van der Waals surface area contributed by atoms with E-state index in [0.29, 0.717) is 11.5 Å². The van der Waals surface area contributed by atoms with Crippen molar-refractivity contribution in [3.8, 4) is 0 Å². The van der Waals surface area contributed by atoms with Gasteiger partial charge in [0.05, 0.1) is 5.69 Å². The molecule has 0 aliphatic carbocycles. The number of aryl methyl sites for hydroxylation is 2. The number of thioether (sulfide) groups is 1. The highest BCUT2D eigenvalue weighted by atomic mass is 32.2. The van der Waals surface area contributed by atoms with Gasteiger partial charge in [-0.15, -0.1) is 0 Å². The molecule has 1 aromatic heterocycles. The Labute approximate surface area is 82.3 Å². The second-order valence-electron chi connectivity index (χ2n) is 2.55. The maximum atomic E-state index is 12.6. The van der Waals surface area contributed by atoms with Gasteiger partial charge in [-0.2, -0.15) is 8.78 Å². The molecule has 0 aromatic carbocycles. The zero-order chi connectivity index (χ0) is 10.9. The highest BCUT2D eigenvalue weighted by Gasteiger charge is 2.42. The third-order valence-corrected chi connectivity index (χ3v) is 2.25. The molecular weight excluding hydrogens is 216 g/mol. The van der Waals surface area contributed by atoms with Crippen molar-refractivity contribution >= 4 is 17.7 Å². The molecule has 14 heavy (non-hydrogen) atoms. The number of aromatic nitrogens is 1. The van der Waals surface area contributed by atoms with Crippen LogP contribution < -0.4 is 0 Å². The monoisotopic (exact) mass is 223 g/mol. The predicted molar refractivity (Wildman–Crippen MR) is 44.4 cm³/mol. The molecule has 1 heterocycles. The van der Waals surface area contributed by atoms with Gasteiger partial charge in [-0.1, -0.05) is 0 Å². The average molecular weight is 223 g/mol. The van der Waals surface area contributed by atoms with Crippen LogP contribution in [0, 0.1) is 13.8 Å². The van der Waals surface area contributed by atoms with Gasteiger partial charge in [-0.25, -0.2) is 9.78 Å². The first-order valence-corrected chi connectivity index (χ1v) is 4.39. The molecule has 1 aromatic rings. The van der Waals surface area contributed by atoms with Gasteiger partial charge in [0.25, 0.3) is 5.22 Å². The number of carboxylic acids is 1. The first-order chi connectivity index (χ1) is 6.33. The van der Waals surface area contributed by atoms with Crippen LogP contribution >= 0.6 is 11.8 Å². The van der Waals surface area contributed by atoms with E-state index in [-0.39, 0.29) is 17.0 Å². The Morgan fingerprint density at radius 3 is 2.50 bits per heavy atom. The first-order valence-electron chi connectivity index (χ1n) is 3.57. The molecule has 0 aliphatic heterocycles. The molecule has 1 rings (SSSR count). The van der Waals surface area contributed by atoms with Gasteiger partial charge in [0, 0.05) is 11.8 Å². The average Bonchev–Trinajstić information content (AvgIpc) is 2.29. The third-order valence-electron chi connectivity index (χ3n) is 1.47. The van der Waals surface area contributed by atoms with Crippen molar-refractivity contribution < 1.29 is 23.1 Å². The number of hydrogen-bond donors (Lipinski definition) is 1. The summed E-state index contributed by atoms with van der Waals surface area (Å²) in [6.07, 6.45) is 0. The van der Waals surface area contributed by atoms with E-state index in [0.717, 1.165) is 0 Å². The summed E-state index contributed by atoms with van der Waals surface area (Å²) < 4.78 is 30.1. The molecule has 0 spiro atoms. The number of halogens is 2. The van der Waals surface area contributed by atoms with E-state index in [9.17, 15) is 13.6 Å². The fourth-order valence-corrected chi connectivity index (χ4v) is 1.30. The molecule has 78 valence electrons. The van der Waals surface area contributed by atoms with Crippen LogP contribution in [0.2, 0.25) is 0 Å². The molecule has 0 radical (unpaired) electrons. The third kappa shape index (κ3) is 2.22. The Kier molecular flexibility index (Phi) is 2.79. The lowest BCUT2D eigenvalue weighted by Gasteiger charge is -2.05. The molecule has 1 N–H and O–H groups in total. The van der Waals surface area contributed by atoms with E-state index in [2.05, 4.69) is 4.98 Å². The van der Waals surface area contributed by atoms with Crippen LogP contribution in [-0.4, -0.2) is 21.3 Å². The predicted octanol–water partition coefficient (Wildman–Crippen LogP) is 2.06. The van der Waals surface area contributed by atoms with Gasteiger partial charge in [0.15, 0.2) is 0 Å². The molecule has 0 bridgehead atoms. The number of rotatable bonds is 3. The molecule has 7 heteroatoms. The standard InChI is InChI=1S/C7H7F2NO3S/c1-3-4(2)13-6(10-3)14-7(8,9)5(11)12/h1-2H3,(H,11,12). The normalized spacial score (nSPS) is 11.7. The maximum absolute atomic E-state index is 12.6. The molecule has 0 amide bonds. The summed E-state index contributed by atoms with van der Waals surface area (Å²) in [6.45, 7) is 3.15. The molecule has 0 unspecified atom stereocenters. The van der Waals surface area contributed by atoms with Gasteiger partial charge >= 0.3 is 11.2 Å². The van der Waals surface area contributed by atoms with E-state index >= 15 is 0 Å². The quantitative estimate of drug-likeness (QED) is 0.794. The van der Waals surface area contributed by atoms with E-state index in [1.807, 2.05) is 0 Å². The Bertz CT molecular complexity index is 344. The molecule has 0 atom stereocenters. The number of nitrogens with zero attached hydrogens (tertiary/aromatic N) is 1. The molecule has 0 aliphatic rings. The van der Waals surface area contributed by atoms with Crippen LogP contribution in [0.1, 0.15) is 11.5 Å². The van der Waals surface area contributed by atoms with E-state index in [1.165, 1.54) is 0 Å². The van der Waals surface area contributed by atoms with Crippen molar-refractivity contribution in [2.45, 2.75) is 24.3 Å². The molecule has 4 nitrogen and oxygen atoms in total. The summed E-state index contributed by atoms with van der Waals surface area (Å²) in [5.41, 5.74) is 0.466. The lowest BCUT2D eigenvalue weighted by Crippen LogP contribution is -2.23. The summed E-state index contributed by atoms with van der Waals surface area (Å²) in [5, 5.41) is 3.89. The zero-order valence-electron chi connectivity index (χ0n) is 7.38. The summed E-state index contributed by atoms with van der Waals surface area (Å²) in [5.74, 6) is -1.82. The van der Waals surface area contributed by atoms with Crippen molar-refractivity contribution in [3.05, 3.63) is 11.5 Å². The molecule has 0 fully saturated rings. The van der Waals surface area contributed by atoms with Gasteiger partial charge in [-0.3, -0.25) is 0 Å². The topological polar surface area (TPSA) is 63.3 Å². The minimum atomic E-state index is -3.91. The second-order valence-corrected chi connectivity index (χ2v) is 3.61. The highest BCUT2D eigenvalue weighted by Crippen LogP contribution is 2.35. The van der Waals surface area contributed by atoms with E-state index in [4.69, 9.17) is 9.52 Å². The number of carboxylic acid groups (broad SMARTS) is 1. The number of alkyl halides is 2.